The van der Waals surface area contributed by atoms with Gasteiger partial charge in [-0.15, -0.1) is 0 Å². The molecule has 0 unspecified atom stereocenters. The molecule has 2 rings (SSSR count). The SMILES string of the molecule is CC(C)(C)CCn1nc(-c2ccccc2)ccc1=O. The minimum atomic E-state index is -0.0380. The second kappa shape index (κ2) is 5.39. The molecule has 100 valence electrons. The average Bonchev–Trinajstić information content (AvgIpc) is 2.38. The summed E-state index contributed by atoms with van der Waals surface area (Å²) < 4.78 is 1.56. The maximum absolute atomic E-state index is 11.8. The Bertz CT molecular complexity index is 594. The summed E-state index contributed by atoms with van der Waals surface area (Å²) in [5.41, 5.74) is 2.04. The van der Waals surface area contributed by atoms with Gasteiger partial charge in [0, 0.05) is 18.2 Å². The summed E-state index contributed by atoms with van der Waals surface area (Å²) in [6.45, 7) is 7.15. The number of hydrogen-bond acceptors (Lipinski definition) is 2. The molecule has 0 bridgehead atoms. The second-order valence-electron chi connectivity index (χ2n) is 5.96. The van der Waals surface area contributed by atoms with Crippen LogP contribution in [0, 0.1) is 5.41 Å². The molecule has 0 aliphatic heterocycles. The van der Waals surface area contributed by atoms with Crippen LogP contribution in [0.4, 0.5) is 0 Å². The Morgan fingerprint density at radius 3 is 2.37 bits per heavy atom. The van der Waals surface area contributed by atoms with Crippen LogP contribution < -0.4 is 5.56 Å². The lowest BCUT2D eigenvalue weighted by atomic mass is 9.92. The minimum Gasteiger partial charge on any atom is -0.268 e. The van der Waals surface area contributed by atoms with Crippen LogP contribution in [0.1, 0.15) is 27.2 Å². The molecule has 0 aliphatic rings. The van der Waals surface area contributed by atoms with Gasteiger partial charge in [0.2, 0.25) is 0 Å². The molecule has 19 heavy (non-hydrogen) atoms. The van der Waals surface area contributed by atoms with Crippen molar-refractivity contribution in [1.82, 2.24) is 9.78 Å². The fourth-order valence-electron chi connectivity index (χ4n) is 1.81. The van der Waals surface area contributed by atoms with E-state index in [0.29, 0.717) is 6.54 Å². The van der Waals surface area contributed by atoms with Crippen molar-refractivity contribution in [3.8, 4) is 11.3 Å². The highest BCUT2D eigenvalue weighted by molar-refractivity contribution is 5.57. The van der Waals surface area contributed by atoms with Gasteiger partial charge in [0.15, 0.2) is 0 Å². The molecule has 1 heterocycles. The maximum atomic E-state index is 11.8. The van der Waals surface area contributed by atoms with E-state index in [0.717, 1.165) is 17.7 Å². The van der Waals surface area contributed by atoms with Crippen molar-refractivity contribution in [2.24, 2.45) is 5.41 Å². The first-order chi connectivity index (χ1) is 8.96. The average molecular weight is 256 g/mol. The van der Waals surface area contributed by atoms with Crippen molar-refractivity contribution < 1.29 is 0 Å². The highest BCUT2D eigenvalue weighted by Crippen LogP contribution is 2.19. The van der Waals surface area contributed by atoms with Gasteiger partial charge in [0.1, 0.15) is 0 Å². The van der Waals surface area contributed by atoms with Gasteiger partial charge in [-0.05, 0) is 17.9 Å². The number of aryl methyl sites for hydroxylation is 1. The molecular weight excluding hydrogens is 236 g/mol. The first kappa shape index (κ1) is 13.5. The molecule has 2 aromatic rings. The summed E-state index contributed by atoms with van der Waals surface area (Å²) in [5, 5.41) is 4.45. The summed E-state index contributed by atoms with van der Waals surface area (Å²) in [7, 11) is 0. The predicted molar refractivity (Wildman–Crippen MR) is 78.0 cm³/mol. The quantitative estimate of drug-likeness (QED) is 0.844. The van der Waals surface area contributed by atoms with E-state index in [1.807, 2.05) is 30.3 Å². The highest BCUT2D eigenvalue weighted by Gasteiger charge is 2.11. The van der Waals surface area contributed by atoms with Crippen LogP contribution in [0.2, 0.25) is 0 Å². The molecule has 0 saturated carbocycles. The summed E-state index contributed by atoms with van der Waals surface area (Å²) in [6, 6.07) is 13.3. The van der Waals surface area contributed by atoms with E-state index in [1.165, 1.54) is 0 Å². The number of rotatable bonds is 3. The van der Waals surface area contributed by atoms with Crippen LogP contribution in [0.5, 0.6) is 0 Å². The Morgan fingerprint density at radius 2 is 1.74 bits per heavy atom. The lowest BCUT2D eigenvalue weighted by Gasteiger charge is -2.18. The zero-order valence-electron chi connectivity index (χ0n) is 11.8. The molecule has 1 aromatic heterocycles. The Labute approximate surface area is 113 Å². The van der Waals surface area contributed by atoms with Gasteiger partial charge in [-0.25, -0.2) is 4.68 Å². The molecule has 0 saturated heterocycles. The van der Waals surface area contributed by atoms with Gasteiger partial charge in [-0.1, -0.05) is 51.1 Å². The van der Waals surface area contributed by atoms with Crippen molar-refractivity contribution in [2.75, 3.05) is 0 Å². The van der Waals surface area contributed by atoms with E-state index in [-0.39, 0.29) is 11.0 Å². The van der Waals surface area contributed by atoms with Gasteiger partial charge in [-0.2, -0.15) is 5.10 Å². The number of hydrogen-bond donors (Lipinski definition) is 0. The summed E-state index contributed by atoms with van der Waals surface area (Å²) in [4.78, 5) is 11.8. The zero-order chi connectivity index (χ0) is 13.9. The van der Waals surface area contributed by atoms with E-state index >= 15 is 0 Å². The standard InChI is InChI=1S/C16H20N2O/c1-16(2,3)11-12-18-15(19)10-9-14(17-18)13-7-5-4-6-8-13/h4-10H,11-12H2,1-3H3. The van der Waals surface area contributed by atoms with Crippen LogP contribution in [0.25, 0.3) is 11.3 Å². The molecule has 0 atom stereocenters. The van der Waals surface area contributed by atoms with Crippen molar-refractivity contribution in [1.29, 1.82) is 0 Å². The summed E-state index contributed by atoms with van der Waals surface area (Å²) >= 11 is 0. The van der Waals surface area contributed by atoms with Crippen LogP contribution in [-0.2, 0) is 6.54 Å². The van der Waals surface area contributed by atoms with E-state index in [1.54, 1.807) is 16.8 Å². The molecular formula is C16H20N2O. The normalized spacial score (nSPS) is 11.5. The van der Waals surface area contributed by atoms with Gasteiger partial charge < -0.3 is 0 Å². The van der Waals surface area contributed by atoms with Crippen LogP contribution in [0.3, 0.4) is 0 Å². The fourth-order valence-corrected chi connectivity index (χ4v) is 1.81. The van der Waals surface area contributed by atoms with Crippen LogP contribution >= 0.6 is 0 Å². The maximum Gasteiger partial charge on any atom is 0.266 e. The van der Waals surface area contributed by atoms with Crippen LogP contribution in [0.15, 0.2) is 47.3 Å². The molecule has 3 nitrogen and oxygen atoms in total. The number of benzene rings is 1. The van der Waals surface area contributed by atoms with E-state index in [4.69, 9.17) is 0 Å². The molecule has 1 aromatic carbocycles. The van der Waals surface area contributed by atoms with Crippen LogP contribution in [-0.4, -0.2) is 9.78 Å². The van der Waals surface area contributed by atoms with Crippen molar-refractivity contribution in [3.63, 3.8) is 0 Å². The molecule has 3 heteroatoms. The monoisotopic (exact) mass is 256 g/mol. The summed E-state index contributed by atoms with van der Waals surface area (Å²) in [6.07, 6.45) is 0.929. The second-order valence-corrected chi connectivity index (χ2v) is 5.96. The first-order valence-corrected chi connectivity index (χ1v) is 6.59. The minimum absolute atomic E-state index is 0.0380. The Balaban J connectivity index is 2.28. The topological polar surface area (TPSA) is 34.9 Å². The third-order valence-corrected chi connectivity index (χ3v) is 3.01. The summed E-state index contributed by atoms with van der Waals surface area (Å²) in [5.74, 6) is 0. The zero-order valence-corrected chi connectivity index (χ0v) is 11.8. The van der Waals surface area contributed by atoms with E-state index in [9.17, 15) is 4.79 Å². The largest absolute Gasteiger partial charge is 0.268 e. The third kappa shape index (κ3) is 3.78. The molecule has 0 spiro atoms. The Kier molecular flexibility index (Phi) is 3.84. The molecule has 0 amide bonds. The van der Waals surface area contributed by atoms with E-state index in [2.05, 4.69) is 25.9 Å². The molecule has 0 N–H and O–H groups in total. The van der Waals surface area contributed by atoms with Gasteiger partial charge in [0.05, 0.1) is 5.69 Å². The molecule has 0 aliphatic carbocycles. The van der Waals surface area contributed by atoms with Crippen molar-refractivity contribution >= 4 is 0 Å². The van der Waals surface area contributed by atoms with E-state index < -0.39 is 0 Å². The van der Waals surface area contributed by atoms with Gasteiger partial charge in [0.25, 0.3) is 5.56 Å². The van der Waals surface area contributed by atoms with Gasteiger partial charge >= 0.3 is 0 Å². The van der Waals surface area contributed by atoms with Crippen molar-refractivity contribution in [3.05, 3.63) is 52.8 Å². The predicted octanol–water partition coefficient (Wildman–Crippen LogP) is 3.35. The number of nitrogens with zero attached hydrogens (tertiary/aromatic N) is 2. The van der Waals surface area contributed by atoms with Crippen molar-refractivity contribution in [2.45, 2.75) is 33.7 Å². The lowest BCUT2D eigenvalue weighted by molar-refractivity contribution is 0.336. The highest BCUT2D eigenvalue weighted by atomic mass is 16.1. The smallest absolute Gasteiger partial charge is 0.266 e. The number of aromatic nitrogens is 2. The molecule has 0 radical (unpaired) electrons. The Morgan fingerprint density at radius 1 is 1.05 bits per heavy atom. The Hall–Kier alpha value is -1.90. The molecule has 0 fully saturated rings. The fraction of sp³-hybridized carbons (Fsp3) is 0.375. The first-order valence-electron chi connectivity index (χ1n) is 6.59. The van der Waals surface area contributed by atoms with Gasteiger partial charge in [-0.3, -0.25) is 4.79 Å². The third-order valence-electron chi connectivity index (χ3n) is 3.01. The lowest BCUT2D eigenvalue weighted by Crippen LogP contribution is -2.24.